The zero-order chi connectivity index (χ0) is 14.0. The Labute approximate surface area is 110 Å². The fraction of sp³-hybridized carbons (Fsp3) is 0.583. The summed E-state index contributed by atoms with van der Waals surface area (Å²) in [5.41, 5.74) is -0.236. The van der Waals surface area contributed by atoms with Gasteiger partial charge in [-0.25, -0.2) is 4.79 Å². The summed E-state index contributed by atoms with van der Waals surface area (Å²) in [6, 6.07) is 1.64. The van der Waals surface area contributed by atoms with Gasteiger partial charge < -0.3 is 15.2 Å². The van der Waals surface area contributed by atoms with Crippen molar-refractivity contribution in [3.05, 3.63) is 17.5 Å². The predicted molar refractivity (Wildman–Crippen MR) is 65.9 cm³/mol. The molecule has 1 fully saturated rings. The zero-order valence-corrected chi connectivity index (χ0v) is 11.0. The first kappa shape index (κ1) is 13.5. The SMILES string of the molecule is CCn1nc(C)cc1C(=O)NC1(C(=O)O)CCOC1. The molecule has 2 heterocycles. The summed E-state index contributed by atoms with van der Waals surface area (Å²) in [6.07, 6.45) is 0.271. The predicted octanol–water partition coefficient (Wildman–Crippen LogP) is 0.185. The van der Waals surface area contributed by atoms with Crippen molar-refractivity contribution in [1.82, 2.24) is 15.1 Å². The second-order valence-electron chi connectivity index (χ2n) is 4.63. The molecule has 1 aromatic heterocycles. The van der Waals surface area contributed by atoms with Crippen LogP contribution in [-0.2, 0) is 16.1 Å². The molecule has 0 aromatic carbocycles. The highest BCUT2D eigenvalue weighted by Crippen LogP contribution is 2.20. The number of rotatable bonds is 4. The van der Waals surface area contributed by atoms with E-state index in [4.69, 9.17) is 4.74 Å². The number of aliphatic carboxylic acids is 1. The summed E-state index contributed by atoms with van der Waals surface area (Å²) in [7, 11) is 0. The van der Waals surface area contributed by atoms with Crippen LogP contribution in [0, 0.1) is 6.92 Å². The minimum absolute atomic E-state index is 0.00663. The second kappa shape index (κ2) is 5.00. The number of carboxylic acid groups (broad SMARTS) is 1. The minimum Gasteiger partial charge on any atom is -0.479 e. The molecule has 1 saturated heterocycles. The third-order valence-electron chi connectivity index (χ3n) is 3.22. The molecule has 1 atom stereocenters. The van der Waals surface area contributed by atoms with E-state index < -0.39 is 17.4 Å². The maximum absolute atomic E-state index is 12.2. The fourth-order valence-corrected chi connectivity index (χ4v) is 2.14. The standard InChI is InChI=1S/C12H17N3O4/c1-3-15-9(6-8(2)14-15)10(16)13-12(11(17)18)4-5-19-7-12/h6H,3-5,7H2,1-2H3,(H,13,16)(H,17,18). The molecule has 19 heavy (non-hydrogen) atoms. The second-order valence-corrected chi connectivity index (χ2v) is 4.63. The number of carbonyl (C=O) groups is 2. The van der Waals surface area contributed by atoms with Gasteiger partial charge in [-0.15, -0.1) is 0 Å². The lowest BCUT2D eigenvalue weighted by Crippen LogP contribution is -2.55. The van der Waals surface area contributed by atoms with E-state index in [-0.39, 0.29) is 13.0 Å². The van der Waals surface area contributed by atoms with E-state index in [2.05, 4.69) is 10.4 Å². The first-order valence-electron chi connectivity index (χ1n) is 6.16. The van der Waals surface area contributed by atoms with E-state index in [0.29, 0.717) is 18.8 Å². The highest BCUT2D eigenvalue weighted by atomic mass is 16.5. The van der Waals surface area contributed by atoms with E-state index in [9.17, 15) is 14.7 Å². The molecule has 7 nitrogen and oxygen atoms in total. The lowest BCUT2D eigenvalue weighted by atomic mass is 9.99. The Bertz CT molecular complexity index is 503. The van der Waals surface area contributed by atoms with E-state index in [1.165, 1.54) is 0 Å². The van der Waals surface area contributed by atoms with Gasteiger partial charge in [0.25, 0.3) is 5.91 Å². The Kier molecular flexibility index (Phi) is 3.57. The topological polar surface area (TPSA) is 93.5 Å². The number of nitrogens with one attached hydrogen (secondary N) is 1. The molecule has 0 saturated carbocycles. The Hall–Kier alpha value is -1.89. The molecule has 1 aliphatic heterocycles. The third-order valence-corrected chi connectivity index (χ3v) is 3.22. The van der Waals surface area contributed by atoms with E-state index in [0.717, 1.165) is 5.69 Å². The largest absolute Gasteiger partial charge is 0.479 e. The van der Waals surface area contributed by atoms with Crippen LogP contribution in [0.5, 0.6) is 0 Å². The van der Waals surface area contributed by atoms with Crippen LogP contribution < -0.4 is 5.32 Å². The van der Waals surface area contributed by atoms with Crippen LogP contribution in [0.2, 0.25) is 0 Å². The van der Waals surface area contributed by atoms with Crippen LogP contribution in [0.25, 0.3) is 0 Å². The first-order valence-corrected chi connectivity index (χ1v) is 6.16. The number of carbonyl (C=O) groups excluding carboxylic acids is 1. The van der Waals surface area contributed by atoms with Crippen LogP contribution in [0.15, 0.2) is 6.07 Å². The van der Waals surface area contributed by atoms with Crippen molar-refractivity contribution in [2.75, 3.05) is 13.2 Å². The van der Waals surface area contributed by atoms with Gasteiger partial charge in [0.2, 0.25) is 0 Å². The Balaban J connectivity index is 2.22. The van der Waals surface area contributed by atoms with E-state index in [1.54, 1.807) is 17.7 Å². The zero-order valence-electron chi connectivity index (χ0n) is 11.0. The summed E-state index contributed by atoms with van der Waals surface area (Å²) in [5.74, 6) is -1.51. The molecule has 0 radical (unpaired) electrons. The molecular weight excluding hydrogens is 250 g/mol. The maximum Gasteiger partial charge on any atom is 0.331 e. The molecule has 2 N–H and O–H groups in total. The molecule has 104 valence electrons. The maximum atomic E-state index is 12.2. The third kappa shape index (κ3) is 2.46. The average Bonchev–Trinajstić information content (AvgIpc) is 2.96. The number of carboxylic acids is 1. The molecule has 2 rings (SSSR count). The van der Waals surface area contributed by atoms with Crippen LogP contribution in [0.3, 0.4) is 0 Å². The molecular formula is C12H17N3O4. The Morgan fingerprint density at radius 1 is 1.63 bits per heavy atom. The van der Waals surface area contributed by atoms with Crippen molar-refractivity contribution >= 4 is 11.9 Å². The van der Waals surface area contributed by atoms with E-state index in [1.807, 2.05) is 6.92 Å². The number of ether oxygens (including phenoxy) is 1. The number of nitrogens with zero attached hydrogens (tertiary/aromatic N) is 2. The van der Waals surface area contributed by atoms with Crippen molar-refractivity contribution in [2.24, 2.45) is 0 Å². The molecule has 1 amide bonds. The first-order chi connectivity index (χ1) is 8.98. The normalized spacial score (nSPS) is 22.4. The number of aromatic nitrogens is 2. The van der Waals surface area contributed by atoms with Crippen molar-refractivity contribution in [1.29, 1.82) is 0 Å². The summed E-state index contributed by atoms with van der Waals surface area (Å²) in [4.78, 5) is 23.5. The molecule has 7 heteroatoms. The van der Waals surface area contributed by atoms with Gasteiger partial charge in [0.1, 0.15) is 5.69 Å². The fourth-order valence-electron chi connectivity index (χ4n) is 2.14. The van der Waals surface area contributed by atoms with E-state index >= 15 is 0 Å². The van der Waals surface area contributed by atoms with Crippen LogP contribution in [0.1, 0.15) is 29.5 Å². The van der Waals surface area contributed by atoms with Gasteiger partial charge >= 0.3 is 5.97 Å². The highest BCUT2D eigenvalue weighted by molar-refractivity contribution is 5.96. The summed E-state index contributed by atoms with van der Waals surface area (Å²) < 4.78 is 6.65. The smallest absolute Gasteiger partial charge is 0.331 e. The van der Waals surface area contributed by atoms with Gasteiger partial charge in [-0.3, -0.25) is 9.48 Å². The number of hydrogen-bond acceptors (Lipinski definition) is 4. The Morgan fingerprint density at radius 3 is 2.89 bits per heavy atom. The highest BCUT2D eigenvalue weighted by Gasteiger charge is 2.44. The monoisotopic (exact) mass is 267 g/mol. The van der Waals surface area contributed by atoms with Gasteiger partial charge in [0.15, 0.2) is 5.54 Å². The van der Waals surface area contributed by atoms with Gasteiger partial charge in [-0.05, 0) is 19.9 Å². The summed E-state index contributed by atoms with van der Waals surface area (Å²) in [6.45, 7) is 4.53. The Morgan fingerprint density at radius 2 is 2.37 bits per heavy atom. The van der Waals surface area contributed by atoms with Crippen LogP contribution in [0.4, 0.5) is 0 Å². The summed E-state index contributed by atoms with van der Waals surface area (Å²) in [5, 5.41) is 16.0. The molecule has 0 bridgehead atoms. The van der Waals surface area contributed by atoms with Gasteiger partial charge in [0, 0.05) is 19.6 Å². The molecule has 0 spiro atoms. The van der Waals surface area contributed by atoms with Crippen molar-refractivity contribution in [2.45, 2.75) is 32.4 Å². The van der Waals surface area contributed by atoms with Gasteiger partial charge in [-0.2, -0.15) is 5.10 Å². The van der Waals surface area contributed by atoms with Crippen LogP contribution >= 0.6 is 0 Å². The number of aryl methyl sites for hydroxylation is 2. The average molecular weight is 267 g/mol. The van der Waals surface area contributed by atoms with Crippen molar-refractivity contribution in [3.8, 4) is 0 Å². The summed E-state index contributed by atoms with van der Waals surface area (Å²) >= 11 is 0. The number of hydrogen-bond donors (Lipinski definition) is 2. The lowest BCUT2D eigenvalue weighted by Gasteiger charge is -2.23. The molecule has 1 aromatic rings. The number of amides is 1. The van der Waals surface area contributed by atoms with Crippen molar-refractivity contribution in [3.63, 3.8) is 0 Å². The van der Waals surface area contributed by atoms with Gasteiger partial charge in [-0.1, -0.05) is 0 Å². The molecule has 1 unspecified atom stereocenters. The van der Waals surface area contributed by atoms with Gasteiger partial charge in [0.05, 0.1) is 12.3 Å². The van der Waals surface area contributed by atoms with Crippen molar-refractivity contribution < 1.29 is 19.4 Å². The quantitative estimate of drug-likeness (QED) is 0.812. The molecule has 1 aliphatic rings. The minimum atomic E-state index is -1.33. The molecule has 0 aliphatic carbocycles. The van der Waals surface area contributed by atoms with Crippen LogP contribution in [-0.4, -0.2) is 45.5 Å². The lowest BCUT2D eigenvalue weighted by molar-refractivity contribution is -0.144.